The third kappa shape index (κ3) is 6.56. The number of nitrogens with one attached hydrogen (secondary N) is 1. The van der Waals surface area contributed by atoms with Gasteiger partial charge in [0.15, 0.2) is 11.5 Å². The highest BCUT2D eigenvalue weighted by Crippen LogP contribution is 2.31. The molecule has 0 aromatic heterocycles. The van der Waals surface area contributed by atoms with Gasteiger partial charge < -0.3 is 29.2 Å². The molecule has 0 spiro atoms. The largest absolute Gasteiger partial charge is 0.497 e. The summed E-state index contributed by atoms with van der Waals surface area (Å²) in [5, 5.41) is 2.91. The molecule has 0 atom stereocenters. The first-order chi connectivity index (χ1) is 14.5. The lowest BCUT2D eigenvalue weighted by atomic mass is 10.1. The number of amides is 1. The van der Waals surface area contributed by atoms with Crippen LogP contribution >= 0.6 is 0 Å². The van der Waals surface area contributed by atoms with Gasteiger partial charge in [-0.05, 0) is 31.3 Å². The Morgan fingerprint density at radius 1 is 0.900 bits per heavy atom. The molecule has 2 aromatic carbocycles. The fourth-order valence-corrected chi connectivity index (χ4v) is 3.07. The number of hydrogen-bond donors (Lipinski definition) is 1. The van der Waals surface area contributed by atoms with E-state index in [1.165, 1.54) is 0 Å². The van der Waals surface area contributed by atoms with E-state index in [-0.39, 0.29) is 12.3 Å². The number of rotatable bonds is 12. The molecule has 0 unspecified atom stereocenters. The Kier molecular flexibility index (Phi) is 9.28. The van der Waals surface area contributed by atoms with E-state index in [1.807, 2.05) is 6.07 Å². The zero-order chi connectivity index (χ0) is 21.9. The highest BCUT2D eigenvalue weighted by molar-refractivity contribution is 5.93. The van der Waals surface area contributed by atoms with E-state index in [2.05, 4.69) is 24.1 Å². The Bertz CT molecular complexity index is 821. The molecule has 0 radical (unpaired) electrons. The first kappa shape index (κ1) is 23.3. The average molecular weight is 417 g/mol. The van der Waals surface area contributed by atoms with Gasteiger partial charge in [0.1, 0.15) is 18.1 Å². The van der Waals surface area contributed by atoms with Crippen LogP contribution in [-0.4, -0.2) is 58.4 Å². The zero-order valence-electron chi connectivity index (χ0n) is 18.5. The number of hydrogen-bond acceptors (Lipinski definition) is 6. The maximum absolute atomic E-state index is 12.6. The van der Waals surface area contributed by atoms with E-state index in [1.54, 1.807) is 51.7 Å². The first-order valence-electron chi connectivity index (χ1n) is 10.1. The third-order valence-electron chi connectivity index (χ3n) is 4.85. The van der Waals surface area contributed by atoms with Gasteiger partial charge >= 0.3 is 0 Å². The van der Waals surface area contributed by atoms with Crippen molar-refractivity contribution in [3.8, 4) is 23.0 Å². The van der Waals surface area contributed by atoms with Crippen molar-refractivity contribution in [1.29, 1.82) is 0 Å². The lowest BCUT2D eigenvalue weighted by Crippen LogP contribution is -2.28. The van der Waals surface area contributed by atoms with Crippen LogP contribution in [0.5, 0.6) is 23.0 Å². The van der Waals surface area contributed by atoms with Gasteiger partial charge in [0, 0.05) is 29.9 Å². The SMILES string of the molecule is CCN(CC)CCOc1cc(NC(=O)Cc2ccc(OC)cc2OC)ccc1OC. The Morgan fingerprint density at radius 3 is 2.27 bits per heavy atom. The van der Waals surface area contributed by atoms with E-state index in [0.29, 0.717) is 35.3 Å². The number of anilines is 1. The zero-order valence-corrected chi connectivity index (χ0v) is 18.5. The van der Waals surface area contributed by atoms with Crippen molar-refractivity contribution in [2.24, 2.45) is 0 Å². The molecule has 0 aliphatic carbocycles. The summed E-state index contributed by atoms with van der Waals surface area (Å²) >= 11 is 0. The Balaban J connectivity index is 2.04. The monoisotopic (exact) mass is 416 g/mol. The molecule has 164 valence electrons. The Labute approximate surface area is 178 Å². The van der Waals surface area contributed by atoms with Crippen molar-refractivity contribution in [3.63, 3.8) is 0 Å². The average Bonchev–Trinajstić information content (AvgIpc) is 2.77. The van der Waals surface area contributed by atoms with Crippen LogP contribution in [0.2, 0.25) is 0 Å². The van der Waals surface area contributed by atoms with E-state index in [9.17, 15) is 4.79 Å². The molecule has 0 fully saturated rings. The molecule has 0 saturated heterocycles. The van der Waals surface area contributed by atoms with Crippen molar-refractivity contribution in [1.82, 2.24) is 4.90 Å². The molecule has 0 aliphatic rings. The highest BCUT2D eigenvalue weighted by Gasteiger charge is 2.12. The van der Waals surface area contributed by atoms with Crippen LogP contribution in [-0.2, 0) is 11.2 Å². The number of benzene rings is 2. The normalized spacial score (nSPS) is 10.6. The smallest absolute Gasteiger partial charge is 0.228 e. The minimum atomic E-state index is -0.155. The molecule has 0 heterocycles. The minimum absolute atomic E-state index is 0.155. The van der Waals surface area contributed by atoms with Crippen molar-refractivity contribution >= 4 is 11.6 Å². The van der Waals surface area contributed by atoms with Gasteiger partial charge in [-0.2, -0.15) is 0 Å². The van der Waals surface area contributed by atoms with Crippen molar-refractivity contribution in [3.05, 3.63) is 42.0 Å². The van der Waals surface area contributed by atoms with E-state index < -0.39 is 0 Å². The van der Waals surface area contributed by atoms with Crippen LogP contribution in [0.4, 0.5) is 5.69 Å². The van der Waals surface area contributed by atoms with Crippen molar-refractivity contribution in [2.75, 3.05) is 52.9 Å². The number of likely N-dealkylation sites (N-methyl/N-ethyl adjacent to an activating group) is 1. The fraction of sp³-hybridized carbons (Fsp3) is 0.435. The topological polar surface area (TPSA) is 69.3 Å². The molecule has 30 heavy (non-hydrogen) atoms. The second-order valence-electron chi connectivity index (χ2n) is 6.64. The predicted molar refractivity (Wildman–Crippen MR) is 118 cm³/mol. The summed E-state index contributed by atoms with van der Waals surface area (Å²) in [7, 11) is 4.76. The number of carbonyl (C=O) groups excluding carboxylic acids is 1. The molecule has 7 heteroatoms. The summed E-state index contributed by atoms with van der Waals surface area (Å²) in [6.07, 6.45) is 0.178. The van der Waals surface area contributed by atoms with Crippen LogP contribution in [0.25, 0.3) is 0 Å². The summed E-state index contributed by atoms with van der Waals surface area (Å²) in [4.78, 5) is 14.9. The molecule has 1 amide bonds. The van der Waals surface area contributed by atoms with Crippen LogP contribution in [0.15, 0.2) is 36.4 Å². The van der Waals surface area contributed by atoms with Gasteiger partial charge in [-0.25, -0.2) is 0 Å². The number of methoxy groups -OCH3 is 3. The van der Waals surface area contributed by atoms with E-state index in [0.717, 1.165) is 25.2 Å². The molecule has 0 bridgehead atoms. The highest BCUT2D eigenvalue weighted by atomic mass is 16.5. The van der Waals surface area contributed by atoms with E-state index in [4.69, 9.17) is 18.9 Å². The van der Waals surface area contributed by atoms with Gasteiger partial charge in [0.25, 0.3) is 0 Å². The molecule has 1 N–H and O–H groups in total. The summed E-state index contributed by atoms with van der Waals surface area (Å²) in [6.45, 7) is 7.56. The number of carbonyl (C=O) groups is 1. The second-order valence-corrected chi connectivity index (χ2v) is 6.64. The molecule has 0 aliphatic heterocycles. The summed E-state index contributed by atoms with van der Waals surface area (Å²) in [5.74, 6) is 2.36. The summed E-state index contributed by atoms with van der Waals surface area (Å²) in [5.41, 5.74) is 1.42. The van der Waals surface area contributed by atoms with Gasteiger partial charge in [-0.15, -0.1) is 0 Å². The molecular weight excluding hydrogens is 384 g/mol. The second kappa shape index (κ2) is 11.9. The minimum Gasteiger partial charge on any atom is -0.497 e. The quantitative estimate of drug-likeness (QED) is 0.570. The van der Waals surface area contributed by atoms with Gasteiger partial charge in [0.2, 0.25) is 5.91 Å². The van der Waals surface area contributed by atoms with Crippen molar-refractivity contribution in [2.45, 2.75) is 20.3 Å². The van der Waals surface area contributed by atoms with Crippen LogP contribution in [0.3, 0.4) is 0 Å². The summed E-state index contributed by atoms with van der Waals surface area (Å²) < 4.78 is 21.9. The molecule has 0 saturated carbocycles. The number of nitrogens with zero attached hydrogens (tertiary/aromatic N) is 1. The standard InChI is InChI=1S/C23H32N2O5/c1-6-25(7-2)12-13-30-22-15-18(9-11-20(22)28-4)24-23(26)14-17-8-10-19(27-3)16-21(17)29-5/h8-11,15-16H,6-7,12-14H2,1-5H3,(H,24,26). The predicted octanol–water partition coefficient (Wildman–Crippen LogP) is 3.61. The first-order valence-corrected chi connectivity index (χ1v) is 10.1. The molecule has 2 rings (SSSR count). The Hall–Kier alpha value is -2.93. The van der Waals surface area contributed by atoms with E-state index >= 15 is 0 Å². The fourth-order valence-electron chi connectivity index (χ4n) is 3.07. The van der Waals surface area contributed by atoms with Crippen LogP contribution < -0.4 is 24.3 Å². The van der Waals surface area contributed by atoms with Crippen LogP contribution in [0, 0.1) is 0 Å². The number of ether oxygens (including phenoxy) is 4. The van der Waals surface area contributed by atoms with Gasteiger partial charge in [-0.3, -0.25) is 4.79 Å². The lowest BCUT2D eigenvalue weighted by molar-refractivity contribution is -0.115. The van der Waals surface area contributed by atoms with Gasteiger partial charge in [0.05, 0.1) is 27.8 Å². The lowest BCUT2D eigenvalue weighted by Gasteiger charge is -2.19. The third-order valence-corrected chi connectivity index (χ3v) is 4.85. The maximum atomic E-state index is 12.6. The van der Waals surface area contributed by atoms with Gasteiger partial charge in [-0.1, -0.05) is 19.9 Å². The molecule has 2 aromatic rings. The maximum Gasteiger partial charge on any atom is 0.228 e. The molecular formula is C23H32N2O5. The summed E-state index contributed by atoms with van der Waals surface area (Å²) in [6, 6.07) is 10.8. The molecule has 7 nitrogen and oxygen atoms in total. The Morgan fingerprint density at radius 2 is 1.63 bits per heavy atom. The van der Waals surface area contributed by atoms with Crippen LogP contribution in [0.1, 0.15) is 19.4 Å². The van der Waals surface area contributed by atoms with Crippen molar-refractivity contribution < 1.29 is 23.7 Å².